The Balaban J connectivity index is 0.000000460. The van der Waals surface area contributed by atoms with Crippen LogP contribution < -0.4 is 11.1 Å². The quantitative estimate of drug-likeness (QED) is 0.331. The Morgan fingerprint density at radius 1 is 1.15 bits per heavy atom. The number of hydrogen-bond donors (Lipinski definition) is 4. The highest BCUT2D eigenvalue weighted by Crippen LogP contribution is 2.21. The number of fused-ring (bicyclic) bond motifs is 1. The molecule has 1 aromatic heterocycles. The van der Waals surface area contributed by atoms with Gasteiger partial charge in [0.2, 0.25) is 0 Å². The number of carbonyl (C=O) groups excluding carboxylic acids is 1. The van der Waals surface area contributed by atoms with Crippen molar-refractivity contribution in [2.45, 2.75) is 25.3 Å². The number of rotatable bonds is 5. The second-order valence-corrected chi connectivity index (χ2v) is 10.8. The van der Waals surface area contributed by atoms with Crippen molar-refractivity contribution in [2.75, 3.05) is 32.2 Å². The third-order valence-electron chi connectivity index (χ3n) is 4.64. The average molecular weight is 508 g/mol. The highest BCUT2D eigenvalue weighted by Gasteiger charge is 2.21. The molecule has 1 atom stereocenters. The summed E-state index contributed by atoms with van der Waals surface area (Å²) in [7, 11) is -5.33. The van der Waals surface area contributed by atoms with E-state index in [1.54, 1.807) is 0 Å². The fraction of sp³-hybridized carbons (Fsp3) is 0.550. The van der Waals surface area contributed by atoms with Crippen molar-refractivity contribution in [3.05, 3.63) is 36.0 Å². The minimum Gasteiger partial charge on any atom is -0.464 e. The van der Waals surface area contributed by atoms with Crippen molar-refractivity contribution < 1.29 is 35.5 Å². The Bertz CT molecular complexity index is 1060. The van der Waals surface area contributed by atoms with Crippen LogP contribution >= 0.6 is 0 Å². The summed E-state index contributed by atoms with van der Waals surface area (Å²) in [5, 5.41) is 4.46. The van der Waals surface area contributed by atoms with Crippen LogP contribution in [0.1, 0.15) is 18.4 Å². The van der Waals surface area contributed by atoms with E-state index in [0.717, 1.165) is 42.4 Å². The zero-order chi connectivity index (χ0) is 25.2. The normalized spacial score (nSPS) is 15.6. The number of esters is 1. The van der Waals surface area contributed by atoms with E-state index in [2.05, 4.69) is 22.0 Å². The van der Waals surface area contributed by atoms with Crippen molar-refractivity contribution in [3.8, 4) is 0 Å². The summed E-state index contributed by atoms with van der Waals surface area (Å²) in [4.78, 5) is 12.2. The molecule has 1 fully saturated rings. The summed E-state index contributed by atoms with van der Waals surface area (Å²) in [6.07, 6.45) is 6.11. The fourth-order valence-corrected chi connectivity index (χ4v) is 3.26. The van der Waals surface area contributed by atoms with Gasteiger partial charge < -0.3 is 20.4 Å². The lowest BCUT2D eigenvalue weighted by Gasteiger charge is -2.22. The molecule has 188 valence electrons. The Morgan fingerprint density at radius 2 is 1.67 bits per heavy atom. The maximum absolute atomic E-state index is 12.2. The fourth-order valence-electron chi connectivity index (χ4n) is 3.26. The third kappa shape index (κ3) is 13.3. The van der Waals surface area contributed by atoms with E-state index in [1.807, 2.05) is 25.4 Å². The molecule has 0 saturated carbocycles. The summed E-state index contributed by atoms with van der Waals surface area (Å²) in [5.41, 5.74) is 8.31. The molecule has 2 aromatic rings. The van der Waals surface area contributed by atoms with Crippen LogP contribution in [0.4, 0.5) is 0 Å². The Labute approximate surface area is 194 Å². The van der Waals surface area contributed by atoms with Gasteiger partial charge in [-0.3, -0.25) is 13.9 Å². The number of aryl methyl sites for hydroxylation is 1. The van der Waals surface area contributed by atoms with Gasteiger partial charge in [-0.15, -0.1) is 0 Å². The molecule has 1 aliphatic heterocycles. The Hall–Kier alpha value is -2.03. The van der Waals surface area contributed by atoms with Crippen LogP contribution in [0.2, 0.25) is 0 Å². The van der Waals surface area contributed by atoms with E-state index in [9.17, 15) is 21.6 Å². The predicted molar refractivity (Wildman–Crippen MR) is 126 cm³/mol. The molecule has 33 heavy (non-hydrogen) atoms. The van der Waals surface area contributed by atoms with Gasteiger partial charge in [0, 0.05) is 30.6 Å². The second kappa shape index (κ2) is 13.0. The van der Waals surface area contributed by atoms with Crippen molar-refractivity contribution in [1.82, 2.24) is 9.88 Å². The molecule has 0 unspecified atom stereocenters. The van der Waals surface area contributed by atoms with Crippen LogP contribution in [0, 0.1) is 5.92 Å². The van der Waals surface area contributed by atoms with Crippen LogP contribution in [0.15, 0.2) is 30.5 Å². The zero-order valence-corrected chi connectivity index (χ0v) is 20.6. The van der Waals surface area contributed by atoms with Gasteiger partial charge in [-0.1, -0.05) is 18.2 Å². The summed E-state index contributed by atoms with van der Waals surface area (Å²) in [6, 6.07) is 7.55. The van der Waals surface area contributed by atoms with Crippen LogP contribution in [-0.2, 0) is 43.2 Å². The lowest BCUT2D eigenvalue weighted by molar-refractivity contribution is -0.146. The monoisotopic (exact) mass is 507 g/mol. The van der Waals surface area contributed by atoms with Crippen molar-refractivity contribution in [1.29, 1.82) is 0 Å². The molecule has 0 bridgehead atoms. The number of nitrogens with one attached hydrogen (secondary N) is 1. The van der Waals surface area contributed by atoms with Gasteiger partial charge in [-0.25, -0.2) is 0 Å². The van der Waals surface area contributed by atoms with E-state index in [1.165, 1.54) is 0 Å². The second-order valence-electron chi connectivity index (χ2n) is 7.88. The molecule has 1 saturated heterocycles. The smallest absolute Gasteiger partial charge is 0.323 e. The largest absolute Gasteiger partial charge is 0.464 e. The molecule has 2 heterocycles. The highest BCUT2D eigenvalue weighted by atomic mass is 32.2. The first kappa shape index (κ1) is 29.0. The Kier molecular flexibility index (Phi) is 11.4. The van der Waals surface area contributed by atoms with E-state index >= 15 is 0 Å². The van der Waals surface area contributed by atoms with Crippen LogP contribution in [0.3, 0.4) is 0 Å². The summed E-state index contributed by atoms with van der Waals surface area (Å²) in [5.74, 6) is 0.168. The third-order valence-corrected chi connectivity index (χ3v) is 4.64. The molecule has 1 aromatic carbocycles. The first-order valence-electron chi connectivity index (χ1n) is 10.2. The number of carbonyl (C=O) groups is 1. The summed E-state index contributed by atoms with van der Waals surface area (Å²) < 4.78 is 59.2. The number of benzene rings is 1. The maximum Gasteiger partial charge on any atom is 0.323 e. The number of hydrogen-bond acceptors (Lipinski definition) is 8. The minimum atomic E-state index is -3.67. The van der Waals surface area contributed by atoms with E-state index < -0.39 is 26.3 Å². The van der Waals surface area contributed by atoms with Gasteiger partial charge in [-0.05, 0) is 43.5 Å². The molecular weight excluding hydrogens is 474 g/mol. The lowest BCUT2D eigenvalue weighted by atomic mass is 9.99. The molecule has 5 N–H and O–H groups in total. The van der Waals surface area contributed by atoms with Gasteiger partial charge in [0.1, 0.15) is 6.04 Å². The SMILES string of the molecule is CS(=O)(=O)O.CS(=O)(=O)O.Cn1cc(C[C@@H](N)C(=O)OCC2CCNCC2)c2ccccc21. The van der Waals surface area contributed by atoms with Crippen LogP contribution in [0.5, 0.6) is 0 Å². The molecule has 1 aliphatic rings. The minimum absolute atomic E-state index is 0.295. The van der Waals surface area contributed by atoms with Crippen LogP contribution in [0.25, 0.3) is 10.9 Å². The molecule has 0 aliphatic carbocycles. The number of nitrogens with two attached hydrogens (primary N) is 1. The predicted octanol–water partition coefficient (Wildman–Crippen LogP) is 0.599. The van der Waals surface area contributed by atoms with Crippen LogP contribution in [-0.4, -0.2) is 74.7 Å². The van der Waals surface area contributed by atoms with E-state index in [0.29, 0.717) is 31.5 Å². The topological polar surface area (TPSA) is 178 Å². The van der Waals surface area contributed by atoms with Crippen molar-refractivity contribution >= 4 is 37.1 Å². The lowest BCUT2D eigenvalue weighted by Crippen LogP contribution is -2.36. The molecule has 0 spiro atoms. The molecule has 0 radical (unpaired) electrons. The first-order valence-corrected chi connectivity index (χ1v) is 13.9. The number of para-hydroxylation sites is 1. The van der Waals surface area contributed by atoms with E-state index in [4.69, 9.17) is 19.6 Å². The number of nitrogens with zero attached hydrogens (tertiary/aromatic N) is 1. The van der Waals surface area contributed by atoms with Gasteiger partial charge in [0.15, 0.2) is 0 Å². The summed E-state index contributed by atoms with van der Waals surface area (Å²) >= 11 is 0. The molecule has 13 heteroatoms. The summed E-state index contributed by atoms with van der Waals surface area (Å²) in [6.45, 7) is 2.50. The number of aromatic nitrogens is 1. The number of piperidine rings is 1. The molecular formula is C20H33N3O8S2. The Morgan fingerprint density at radius 3 is 2.21 bits per heavy atom. The maximum atomic E-state index is 12.2. The zero-order valence-electron chi connectivity index (χ0n) is 19.0. The molecule has 11 nitrogen and oxygen atoms in total. The molecule has 0 amide bonds. The standard InChI is InChI=1S/C18H25N3O2.2CH4O3S/c1-21-11-14(15-4-2-3-5-17(15)21)10-16(19)18(22)23-12-13-6-8-20-9-7-13;2*1-5(2,3)4/h2-5,11,13,16,20H,6-10,12,19H2,1H3;2*1H3,(H,2,3,4)/t16-;;/m1../s1. The van der Waals surface area contributed by atoms with Gasteiger partial charge in [0.25, 0.3) is 20.2 Å². The van der Waals surface area contributed by atoms with Gasteiger partial charge in [0.05, 0.1) is 19.1 Å². The van der Waals surface area contributed by atoms with Crippen molar-refractivity contribution in [2.24, 2.45) is 18.7 Å². The van der Waals surface area contributed by atoms with Crippen molar-refractivity contribution in [3.63, 3.8) is 0 Å². The van der Waals surface area contributed by atoms with Gasteiger partial charge in [-0.2, -0.15) is 16.8 Å². The van der Waals surface area contributed by atoms with Gasteiger partial charge >= 0.3 is 5.97 Å². The highest BCUT2D eigenvalue weighted by molar-refractivity contribution is 7.85. The average Bonchev–Trinajstić information content (AvgIpc) is 3.00. The number of ether oxygens (including phenoxy) is 1. The molecule has 3 rings (SSSR count). The first-order chi connectivity index (χ1) is 15.1. The van der Waals surface area contributed by atoms with E-state index in [-0.39, 0.29) is 5.97 Å².